The van der Waals surface area contributed by atoms with Crippen LogP contribution in [0.4, 0.5) is 28.7 Å². The molecule has 0 aliphatic carbocycles. The molecule has 0 saturated heterocycles. The van der Waals surface area contributed by atoms with Crippen LogP contribution in [0.3, 0.4) is 0 Å². The molecule has 0 spiro atoms. The fourth-order valence-corrected chi connectivity index (χ4v) is 2.47. The van der Waals surface area contributed by atoms with E-state index in [0.717, 1.165) is 0 Å². The van der Waals surface area contributed by atoms with E-state index in [0.29, 0.717) is 22.1 Å². The molecule has 0 aliphatic rings. The third kappa shape index (κ3) is 3.81. The number of anilines is 4. The Bertz CT molecular complexity index is 937. The summed E-state index contributed by atoms with van der Waals surface area (Å²) in [6.07, 6.45) is 1.23. The molecule has 0 saturated carbocycles. The lowest BCUT2D eigenvalue weighted by Crippen LogP contribution is -2.06. The Kier molecular flexibility index (Phi) is 5.14. The fraction of sp³-hybridized carbons (Fsp3) is 0.0588. The van der Waals surface area contributed by atoms with E-state index in [1.165, 1.54) is 13.4 Å². The molecule has 3 aromatic rings. The van der Waals surface area contributed by atoms with E-state index in [4.69, 9.17) is 16.3 Å². The van der Waals surface area contributed by atoms with E-state index >= 15 is 0 Å². The van der Waals surface area contributed by atoms with Gasteiger partial charge >= 0.3 is 5.69 Å². The molecule has 2 N–H and O–H groups in total. The fourth-order valence-electron chi connectivity index (χ4n) is 2.30. The third-order valence-electron chi connectivity index (χ3n) is 3.46. The zero-order valence-electron chi connectivity index (χ0n) is 13.6. The molecule has 1 heterocycles. The third-order valence-corrected chi connectivity index (χ3v) is 3.69. The molecule has 0 unspecified atom stereocenters. The van der Waals surface area contributed by atoms with Gasteiger partial charge in [0, 0.05) is 10.7 Å². The van der Waals surface area contributed by atoms with Crippen molar-refractivity contribution in [3.63, 3.8) is 0 Å². The molecule has 132 valence electrons. The quantitative estimate of drug-likeness (QED) is 0.484. The van der Waals surface area contributed by atoms with Crippen molar-refractivity contribution >= 4 is 40.3 Å². The maximum absolute atomic E-state index is 11.6. The number of aromatic nitrogens is 2. The number of rotatable bonds is 6. The highest BCUT2D eigenvalue weighted by atomic mass is 35.5. The van der Waals surface area contributed by atoms with Gasteiger partial charge in [0.2, 0.25) is 11.6 Å². The molecular formula is C17H14ClN5O3. The molecule has 26 heavy (non-hydrogen) atoms. The second-order valence-electron chi connectivity index (χ2n) is 5.14. The van der Waals surface area contributed by atoms with Crippen LogP contribution in [0, 0.1) is 10.1 Å². The summed E-state index contributed by atoms with van der Waals surface area (Å²) in [7, 11) is 1.49. The standard InChI is InChI=1S/C17H14ClN5O3/c1-26-14-8-7-11(18)9-13(14)22-17-15(23(24)25)16(19-10-20-17)21-12-5-3-2-4-6-12/h2-10H,1H3,(H2,19,20,21,22). The normalized spacial score (nSPS) is 10.2. The lowest BCUT2D eigenvalue weighted by Gasteiger charge is -2.12. The second kappa shape index (κ2) is 7.66. The molecule has 1 aromatic heterocycles. The number of halogens is 1. The maximum atomic E-state index is 11.6. The van der Waals surface area contributed by atoms with Crippen molar-refractivity contribution in [2.24, 2.45) is 0 Å². The molecule has 0 bridgehead atoms. The van der Waals surface area contributed by atoms with Crippen LogP contribution in [0.25, 0.3) is 0 Å². The van der Waals surface area contributed by atoms with Crippen molar-refractivity contribution in [2.45, 2.75) is 0 Å². The van der Waals surface area contributed by atoms with Gasteiger partial charge in [-0.15, -0.1) is 0 Å². The molecule has 0 aliphatic heterocycles. The number of ether oxygens (including phenoxy) is 1. The molecule has 0 amide bonds. The van der Waals surface area contributed by atoms with Crippen LogP contribution in [0.15, 0.2) is 54.9 Å². The summed E-state index contributed by atoms with van der Waals surface area (Å²) >= 11 is 6.01. The minimum absolute atomic E-state index is 0.0176. The first kappa shape index (κ1) is 17.4. The SMILES string of the molecule is COc1ccc(Cl)cc1Nc1ncnc(Nc2ccccc2)c1[N+](=O)[O-]. The Morgan fingerprint density at radius 2 is 1.77 bits per heavy atom. The van der Waals surface area contributed by atoms with Crippen LogP contribution >= 0.6 is 11.6 Å². The highest BCUT2D eigenvalue weighted by molar-refractivity contribution is 6.31. The van der Waals surface area contributed by atoms with Gasteiger partial charge in [-0.1, -0.05) is 29.8 Å². The Balaban J connectivity index is 2.01. The van der Waals surface area contributed by atoms with E-state index < -0.39 is 4.92 Å². The van der Waals surface area contributed by atoms with Crippen molar-refractivity contribution < 1.29 is 9.66 Å². The van der Waals surface area contributed by atoms with Crippen molar-refractivity contribution in [1.82, 2.24) is 9.97 Å². The van der Waals surface area contributed by atoms with Gasteiger partial charge in [-0.3, -0.25) is 10.1 Å². The van der Waals surface area contributed by atoms with E-state index in [1.807, 2.05) is 18.2 Å². The summed E-state index contributed by atoms with van der Waals surface area (Å²) in [4.78, 5) is 19.1. The zero-order chi connectivity index (χ0) is 18.5. The summed E-state index contributed by atoms with van der Waals surface area (Å²) in [6.45, 7) is 0. The Morgan fingerprint density at radius 1 is 1.08 bits per heavy atom. The highest BCUT2D eigenvalue weighted by Gasteiger charge is 2.24. The van der Waals surface area contributed by atoms with E-state index in [2.05, 4.69) is 20.6 Å². The largest absolute Gasteiger partial charge is 0.495 e. The molecule has 2 aromatic carbocycles. The molecular weight excluding hydrogens is 358 g/mol. The minimum atomic E-state index is -0.551. The smallest absolute Gasteiger partial charge is 0.353 e. The lowest BCUT2D eigenvalue weighted by atomic mass is 10.2. The van der Waals surface area contributed by atoms with Gasteiger partial charge in [-0.25, -0.2) is 9.97 Å². The minimum Gasteiger partial charge on any atom is -0.495 e. The molecule has 8 nitrogen and oxygen atoms in total. The predicted octanol–water partition coefficient (Wildman–Crippen LogP) is 4.53. The van der Waals surface area contributed by atoms with Crippen molar-refractivity contribution in [3.05, 3.63) is 70.0 Å². The van der Waals surface area contributed by atoms with Gasteiger partial charge < -0.3 is 15.4 Å². The number of methoxy groups -OCH3 is 1. The van der Waals surface area contributed by atoms with Crippen LogP contribution in [0.1, 0.15) is 0 Å². The van der Waals surface area contributed by atoms with E-state index in [1.54, 1.807) is 30.3 Å². The zero-order valence-corrected chi connectivity index (χ0v) is 14.4. The summed E-state index contributed by atoms with van der Waals surface area (Å²) in [5.74, 6) is 0.559. The van der Waals surface area contributed by atoms with Crippen molar-refractivity contribution in [3.8, 4) is 5.75 Å². The maximum Gasteiger partial charge on any atom is 0.353 e. The number of hydrogen-bond acceptors (Lipinski definition) is 7. The lowest BCUT2D eigenvalue weighted by molar-refractivity contribution is -0.383. The first-order valence-electron chi connectivity index (χ1n) is 7.50. The number of nitrogens with zero attached hydrogens (tertiary/aromatic N) is 3. The number of benzene rings is 2. The second-order valence-corrected chi connectivity index (χ2v) is 5.57. The van der Waals surface area contributed by atoms with Gasteiger partial charge in [0.25, 0.3) is 0 Å². The van der Waals surface area contributed by atoms with Crippen molar-refractivity contribution in [1.29, 1.82) is 0 Å². The molecule has 3 rings (SSSR count). The molecule has 0 atom stereocenters. The Labute approximate surface area is 154 Å². The summed E-state index contributed by atoms with van der Waals surface area (Å²) in [5.41, 5.74) is 0.825. The number of nitrogens with one attached hydrogen (secondary N) is 2. The van der Waals surface area contributed by atoms with Gasteiger partial charge in [-0.2, -0.15) is 0 Å². The topological polar surface area (TPSA) is 102 Å². The molecule has 0 fully saturated rings. The summed E-state index contributed by atoms with van der Waals surface area (Å²) in [6, 6.07) is 13.9. The number of nitro groups is 1. The predicted molar refractivity (Wildman–Crippen MR) is 99.7 cm³/mol. The average Bonchev–Trinajstić information content (AvgIpc) is 2.63. The van der Waals surface area contributed by atoms with Crippen molar-refractivity contribution in [2.75, 3.05) is 17.7 Å². The summed E-state index contributed by atoms with van der Waals surface area (Å²) < 4.78 is 5.25. The Morgan fingerprint density at radius 3 is 2.42 bits per heavy atom. The van der Waals surface area contributed by atoms with Crippen LogP contribution in [0.5, 0.6) is 5.75 Å². The highest BCUT2D eigenvalue weighted by Crippen LogP contribution is 2.36. The Hall–Kier alpha value is -3.39. The van der Waals surface area contributed by atoms with Gasteiger partial charge in [0.05, 0.1) is 17.7 Å². The van der Waals surface area contributed by atoms with Crippen LogP contribution in [-0.4, -0.2) is 22.0 Å². The monoisotopic (exact) mass is 371 g/mol. The first-order valence-corrected chi connectivity index (χ1v) is 7.88. The number of para-hydroxylation sites is 1. The van der Waals surface area contributed by atoms with Gasteiger partial charge in [0.15, 0.2) is 0 Å². The van der Waals surface area contributed by atoms with Crippen LogP contribution in [0.2, 0.25) is 5.02 Å². The molecule has 9 heteroatoms. The van der Waals surface area contributed by atoms with Gasteiger partial charge in [-0.05, 0) is 30.3 Å². The summed E-state index contributed by atoms with van der Waals surface area (Å²) in [5, 5.41) is 17.9. The molecule has 0 radical (unpaired) electrons. The average molecular weight is 372 g/mol. The van der Waals surface area contributed by atoms with E-state index in [9.17, 15) is 10.1 Å². The first-order chi connectivity index (χ1) is 12.6. The van der Waals surface area contributed by atoms with Gasteiger partial charge in [0.1, 0.15) is 12.1 Å². The number of hydrogen-bond donors (Lipinski definition) is 2. The van der Waals surface area contributed by atoms with E-state index in [-0.39, 0.29) is 17.3 Å². The van der Waals surface area contributed by atoms with Crippen LogP contribution in [-0.2, 0) is 0 Å². The van der Waals surface area contributed by atoms with Crippen LogP contribution < -0.4 is 15.4 Å².